The molecule has 2 rings (SSSR count). The Morgan fingerprint density at radius 3 is 2.95 bits per heavy atom. The lowest BCUT2D eigenvalue weighted by molar-refractivity contribution is -0.118. The fourth-order valence-corrected chi connectivity index (χ4v) is 2.31. The highest BCUT2D eigenvalue weighted by Gasteiger charge is 2.20. The zero-order valence-electron chi connectivity index (χ0n) is 11.6. The molecule has 0 spiro atoms. The predicted octanol–water partition coefficient (Wildman–Crippen LogP) is 3.31. The number of para-hydroxylation sites is 1. The summed E-state index contributed by atoms with van der Waals surface area (Å²) < 4.78 is 0.907. The Kier molecular flexibility index (Phi) is 4.73. The summed E-state index contributed by atoms with van der Waals surface area (Å²) in [6, 6.07) is 7.14. The minimum Gasteiger partial charge on any atom is -0.323 e. The molecule has 3 N–H and O–H groups in total. The van der Waals surface area contributed by atoms with Crippen LogP contribution in [0.5, 0.6) is 0 Å². The molecule has 1 heterocycles. The van der Waals surface area contributed by atoms with Crippen LogP contribution in [-0.4, -0.2) is 16.9 Å². The van der Waals surface area contributed by atoms with Crippen LogP contribution in [-0.2, 0) is 4.79 Å². The van der Waals surface area contributed by atoms with Crippen molar-refractivity contribution in [1.29, 1.82) is 0 Å². The minimum atomic E-state index is -0.509. The van der Waals surface area contributed by atoms with Gasteiger partial charge < -0.3 is 11.1 Å². The maximum atomic E-state index is 12.2. The molecule has 0 aliphatic heterocycles. The van der Waals surface area contributed by atoms with Gasteiger partial charge in [0.05, 0.1) is 17.2 Å². The number of fused-ring (bicyclic) bond motifs is 1. The molecule has 20 heavy (non-hydrogen) atoms. The van der Waals surface area contributed by atoms with E-state index in [9.17, 15) is 4.79 Å². The number of carbonyl (C=O) groups is 1. The highest BCUT2D eigenvalue weighted by molar-refractivity contribution is 9.10. The van der Waals surface area contributed by atoms with Crippen molar-refractivity contribution in [2.75, 3.05) is 5.32 Å². The van der Waals surface area contributed by atoms with E-state index in [0.29, 0.717) is 5.69 Å². The molecule has 1 amide bonds. The molecule has 0 fully saturated rings. The molecule has 1 aromatic heterocycles. The molecule has 4 nitrogen and oxygen atoms in total. The number of anilines is 1. The lowest BCUT2D eigenvalue weighted by atomic mass is 9.99. The van der Waals surface area contributed by atoms with Crippen LogP contribution < -0.4 is 11.1 Å². The minimum absolute atomic E-state index is 0.145. The average Bonchev–Trinajstić information content (AvgIpc) is 2.45. The molecule has 0 saturated heterocycles. The Hall–Kier alpha value is -1.46. The van der Waals surface area contributed by atoms with Crippen molar-refractivity contribution in [1.82, 2.24) is 4.98 Å². The summed E-state index contributed by atoms with van der Waals surface area (Å²) in [5, 5.41) is 3.84. The van der Waals surface area contributed by atoms with Crippen molar-refractivity contribution in [3.63, 3.8) is 0 Å². The first-order chi connectivity index (χ1) is 9.52. The monoisotopic (exact) mass is 335 g/mol. The van der Waals surface area contributed by atoms with Crippen molar-refractivity contribution in [3.05, 3.63) is 34.9 Å². The van der Waals surface area contributed by atoms with E-state index in [4.69, 9.17) is 5.73 Å². The van der Waals surface area contributed by atoms with Gasteiger partial charge in [0.15, 0.2) is 0 Å². The Bertz CT molecular complexity index is 630. The molecule has 0 aliphatic carbocycles. The first kappa shape index (κ1) is 14.9. The summed E-state index contributed by atoms with van der Waals surface area (Å²) >= 11 is 3.39. The molecular formula is C15H18BrN3O. The standard InChI is InChI=1S/C15H18BrN3O/c1-3-9(2)13(17)15(20)19-12-6-4-5-10-7-11(16)8-18-14(10)12/h4-9,13H,3,17H2,1-2H3,(H,19,20). The second kappa shape index (κ2) is 6.33. The quantitative estimate of drug-likeness (QED) is 0.900. The second-order valence-corrected chi connectivity index (χ2v) is 5.85. The zero-order chi connectivity index (χ0) is 14.7. The van der Waals surface area contributed by atoms with E-state index >= 15 is 0 Å². The van der Waals surface area contributed by atoms with E-state index < -0.39 is 6.04 Å². The normalized spacial score (nSPS) is 14.0. The van der Waals surface area contributed by atoms with Gasteiger partial charge in [-0.2, -0.15) is 0 Å². The van der Waals surface area contributed by atoms with Gasteiger partial charge in [-0.15, -0.1) is 0 Å². The molecule has 0 saturated carbocycles. The fourth-order valence-electron chi connectivity index (χ4n) is 1.96. The van der Waals surface area contributed by atoms with Gasteiger partial charge in [0.2, 0.25) is 5.91 Å². The molecule has 1 aromatic carbocycles. The Morgan fingerprint density at radius 2 is 2.25 bits per heavy atom. The summed E-state index contributed by atoms with van der Waals surface area (Å²) in [4.78, 5) is 16.5. The van der Waals surface area contributed by atoms with Crippen molar-refractivity contribution in [2.45, 2.75) is 26.3 Å². The van der Waals surface area contributed by atoms with Crippen molar-refractivity contribution >= 4 is 38.4 Å². The van der Waals surface area contributed by atoms with E-state index in [2.05, 4.69) is 26.2 Å². The third-order valence-corrected chi connectivity index (χ3v) is 3.93. The Labute approximate surface area is 126 Å². The van der Waals surface area contributed by atoms with Gasteiger partial charge in [-0.3, -0.25) is 9.78 Å². The topological polar surface area (TPSA) is 68.0 Å². The van der Waals surface area contributed by atoms with E-state index in [1.54, 1.807) is 6.20 Å². The van der Waals surface area contributed by atoms with Crippen molar-refractivity contribution in [3.8, 4) is 0 Å². The van der Waals surface area contributed by atoms with Gasteiger partial charge in [-0.25, -0.2) is 0 Å². The number of aromatic nitrogens is 1. The summed E-state index contributed by atoms with van der Waals surface area (Å²) in [6.45, 7) is 4.00. The van der Waals surface area contributed by atoms with E-state index in [1.165, 1.54) is 0 Å². The van der Waals surface area contributed by atoms with Crippen LogP contribution in [0.15, 0.2) is 34.9 Å². The number of carbonyl (C=O) groups excluding carboxylic acids is 1. The summed E-state index contributed by atoms with van der Waals surface area (Å²) in [7, 11) is 0. The molecule has 5 heteroatoms. The first-order valence-electron chi connectivity index (χ1n) is 6.63. The van der Waals surface area contributed by atoms with Gasteiger partial charge in [0.25, 0.3) is 0 Å². The number of benzene rings is 1. The van der Waals surface area contributed by atoms with Crippen molar-refractivity contribution in [2.24, 2.45) is 11.7 Å². The van der Waals surface area contributed by atoms with E-state index in [1.807, 2.05) is 38.1 Å². The Balaban J connectivity index is 2.28. The number of nitrogens with one attached hydrogen (secondary N) is 1. The van der Waals surface area contributed by atoms with Gasteiger partial charge in [-0.1, -0.05) is 32.4 Å². The third-order valence-electron chi connectivity index (χ3n) is 3.50. The SMILES string of the molecule is CCC(C)C(N)C(=O)Nc1cccc2cc(Br)cnc12. The maximum absolute atomic E-state index is 12.2. The van der Waals surface area contributed by atoms with Gasteiger partial charge >= 0.3 is 0 Å². The number of halogens is 1. The van der Waals surface area contributed by atoms with Crippen molar-refractivity contribution < 1.29 is 4.79 Å². The zero-order valence-corrected chi connectivity index (χ0v) is 13.1. The van der Waals surface area contributed by atoms with Crippen LogP contribution in [0.1, 0.15) is 20.3 Å². The molecule has 0 aliphatic rings. The number of rotatable bonds is 4. The summed E-state index contributed by atoms with van der Waals surface area (Å²) in [6.07, 6.45) is 2.59. The lowest BCUT2D eigenvalue weighted by Gasteiger charge is -2.18. The van der Waals surface area contributed by atoms with Crippen LogP contribution in [0, 0.1) is 5.92 Å². The third kappa shape index (κ3) is 3.16. The molecule has 2 atom stereocenters. The van der Waals surface area contributed by atoms with Crippen LogP contribution in [0.2, 0.25) is 0 Å². The number of nitrogens with two attached hydrogens (primary N) is 1. The highest BCUT2D eigenvalue weighted by Crippen LogP contribution is 2.24. The molecular weight excluding hydrogens is 318 g/mol. The number of hydrogen-bond donors (Lipinski definition) is 2. The van der Waals surface area contributed by atoms with E-state index in [0.717, 1.165) is 21.8 Å². The molecule has 2 unspecified atom stereocenters. The summed E-state index contributed by atoms with van der Waals surface area (Å²) in [5.41, 5.74) is 7.40. The Morgan fingerprint density at radius 1 is 1.50 bits per heavy atom. The number of pyridine rings is 1. The fraction of sp³-hybridized carbons (Fsp3) is 0.333. The second-order valence-electron chi connectivity index (χ2n) is 4.93. The molecule has 0 bridgehead atoms. The van der Waals surface area contributed by atoms with Gasteiger partial charge in [-0.05, 0) is 34.0 Å². The largest absolute Gasteiger partial charge is 0.323 e. The first-order valence-corrected chi connectivity index (χ1v) is 7.43. The number of hydrogen-bond acceptors (Lipinski definition) is 3. The highest BCUT2D eigenvalue weighted by atomic mass is 79.9. The summed E-state index contributed by atoms with van der Waals surface area (Å²) in [5.74, 6) is -0.0244. The van der Waals surface area contributed by atoms with E-state index in [-0.39, 0.29) is 11.8 Å². The lowest BCUT2D eigenvalue weighted by Crippen LogP contribution is -2.40. The molecule has 106 valence electrons. The molecule has 2 aromatic rings. The van der Waals surface area contributed by atoms with Crippen LogP contribution in [0.25, 0.3) is 10.9 Å². The van der Waals surface area contributed by atoms with Crippen LogP contribution in [0.3, 0.4) is 0 Å². The van der Waals surface area contributed by atoms with Gasteiger partial charge in [0.1, 0.15) is 0 Å². The van der Waals surface area contributed by atoms with Crippen LogP contribution >= 0.6 is 15.9 Å². The molecule has 0 radical (unpaired) electrons. The average molecular weight is 336 g/mol. The number of amides is 1. The predicted molar refractivity (Wildman–Crippen MR) is 85.5 cm³/mol. The maximum Gasteiger partial charge on any atom is 0.241 e. The van der Waals surface area contributed by atoms with Crippen LogP contribution in [0.4, 0.5) is 5.69 Å². The van der Waals surface area contributed by atoms with Gasteiger partial charge in [0, 0.05) is 16.1 Å². The number of nitrogens with zero attached hydrogens (tertiary/aromatic N) is 1. The smallest absolute Gasteiger partial charge is 0.241 e.